The first-order valence-electron chi connectivity index (χ1n) is 5.66. The van der Waals surface area contributed by atoms with E-state index in [4.69, 9.17) is 4.74 Å². The van der Waals surface area contributed by atoms with Crippen LogP contribution in [-0.2, 0) is 17.9 Å². The molecule has 0 saturated carbocycles. The molecule has 0 fully saturated rings. The normalized spacial score (nSPS) is 11.0. The van der Waals surface area contributed by atoms with Crippen LogP contribution >= 0.6 is 0 Å². The van der Waals surface area contributed by atoms with E-state index in [0.717, 1.165) is 19.6 Å². The van der Waals surface area contributed by atoms with E-state index in [1.165, 1.54) is 11.1 Å². The molecule has 0 spiro atoms. The highest BCUT2D eigenvalue weighted by molar-refractivity contribution is 5.22. The molecule has 0 atom stereocenters. The van der Waals surface area contributed by atoms with Gasteiger partial charge in [-0.2, -0.15) is 0 Å². The summed E-state index contributed by atoms with van der Waals surface area (Å²) in [7, 11) is 5.85. The second-order valence-corrected chi connectivity index (χ2v) is 4.09. The Morgan fingerprint density at radius 2 is 2.06 bits per heavy atom. The highest BCUT2D eigenvalue weighted by Gasteiger charge is 2.00. The molecule has 3 nitrogen and oxygen atoms in total. The molecule has 90 valence electrons. The lowest BCUT2D eigenvalue weighted by Gasteiger charge is -2.16. The van der Waals surface area contributed by atoms with Gasteiger partial charge in [0.25, 0.3) is 0 Å². The monoisotopic (exact) mass is 222 g/mol. The van der Waals surface area contributed by atoms with Gasteiger partial charge < -0.3 is 15.0 Å². The number of likely N-dealkylation sites (N-methyl/N-ethyl adjacent to an activating group) is 2. The Balaban J connectivity index is 2.49. The molecule has 0 aliphatic heterocycles. The molecule has 0 bridgehead atoms. The smallest absolute Gasteiger partial charge is 0.0713 e. The third kappa shape index (κ3) is 4.75. The van der Waals surface area contributed by atoms with E-state index in [1.54, 1.807) is 7.11 Å². The van der Waals surface area contributed by atoms with Gasteiger partial charge in [0.15, 0.2) is 0 Å². The van der Waals surface area contributed by atoms with Crippen molar-refractivity contribution >= 4 is 0 Å². The highest BCUT2D eigenvalue weighted by Crippen LogP contribution is 2.08. The van der Waals surface area contributed by atoms with Crippen LogP contribution in [-0.4, -0.2) is 39.2 Å². The summed E-state index contributed by atoms with van der Waals surface area (Å²) in [5.41, 5.74) is 2.58. The van der Waals surface area contributed by atoms with Gasteiger partial charge in [0.2, 0.25) is 0 Å². The zero-order valence-electron chi connectivity index (χ0n) is 10.5. The molecule has 3 heteroatoms. The number of nitrogens with zero attached hydrogens (tertiary/aromatic N) is 1. The Bertz CT molecular complexity index is 302. The Morgan fingerprint density at radius 3 is 2.75 bits per heavy atom. The number of ether oxygens (including phenoxy) is 1. The van der Waals surface area contributed by atoms with Gasteiger partial charge in [0.1, 0.15) is 0 Å². The van der Waals surface area contributed by atoms with Gasteiger partial charge in [-0.3, -0.25) is 0 Å². The zero-order chi connectivity index (χ0) is 11.8. The molecule has 0 saturated heterocycles. The van der Waals surface area contributed by atoms with Gasteiger partial charge in [0, 0.05) is 26.7 Å². The van der Waals surface area contributed by atoms with E-state index in [9.17, 15) is 0 Å². The summed E-state index contributed by atoms with van der Waals surface area (Å²) in [6.45, 7) is 3.76. The first kappa shape index (κ1) is 13.2. The van der Waals surface area contributed by atoms with E-state index in [1.807, 2.05) is 7.05 Å². The van der Waals surface area contributed by atoms with Crippen molar-refractivity contribution in [1.82, 2.24) is 10.2 Å². The van der Waals surface area contributed by atoms with E-state index in [0.29, 0.717) is 6.61 Å². The first-order valence-corrected chi connectivity index (χ1v) is 5.66. The molecule has 0 heterocycles. The van der Waals surface area contributed by atoms with Crippen molar-refractivity contribution in [3.05, 3.63) is 35.4 Å². The fraction of sp³-hybridized carbons (Fsp3) is 0.538. The van der Waals surface area contributed by atoms with Crippen molar-refractivity contribution in [2.45, 2.75) is 13.2 Å². The van der Waals surface area contributed by atoms with Crippen molar-refractivity contribution in [3.63, 3.8) is 0 Å². The van der Waals surface area contributed by atoms with Crippen LogP contribution in [0.1, 0.15) is 11.1 Å². The van der Waals surface area contributed by atoms with E-state index >= 15 is 0 Å². The minimum absolute atomic E-state index is 0.689. The van der Waals surface area contributed by atoms with Crippen LogP contribution in [0, 0.1) is 0 Å². The predicted molar refractivity (Wildman–Crippen MR) is 67.4 cm³/mol. The Morgan fingerprint density at radius 1 is 1.31 bits per heavy atom. The number of nitrogens with one attached hydrogen (secondary N) is 1. The minimum Gasteiger partial charge on any atom is -0.380 e. The molecule has 1 aromatic rings. The summed E-state index contributed by atoms with van der Waals surface area (Å²) >= 11 is 0. The number of hydrogen-bond acceptors (Lipinski definition) is 3. The highest BCUT2D eigenvalue weighted by atomic mass is 16.5. The summed E-state index contributed by atoms with van der Waals surface area (Å²) in [5.74, 6) is 0. The Labute approximate surface area is 98.4 Å². The fourth-order valence-corrected chi connectivity index (χ4v) is 1.68. The molecule has 0 aliphatic carbocycles. The molecule has 0 aromatic heterocycles. The molecular formula is C13H22N2O. The molecule has 0 radical (unpaired) electrons. The van der Waals surface area contributed by atoms with Gasteiger partial charge in [-0.15, -0.1) is 0 Å². The maximum Gasteiger partial charge on any atom is 0.0713 e. The summed E-state index contributed by atoms with van der Waals surface area (Å²) in [6.07, 6.45) is 0. The first-order chi connectivity index (χ1) is 7.76. The van der Waals surface area contributed by atoms with Crippen molar-refractivity contribution in [3.8, 4) is 0 Å². The second kappa shape index (κ2) is 7.39. The molecule has 0 aliphatic rings. The molecule has 0 amide bonds. The fourth-order valence-electron chi connectivity index (χ4n) is 1.68. The second-order valence-electron chi connectivity index (χ2n) is 4.09. The lowest BCUT2D eigenvalue weighted by atomic mass is 10.1. The predicted octanol–water partition coefficient (Wildman–Crippen LogP) is 1.48. The topological polar surface area (TPSA) is 24.5 Å². The quantitative estimate of drug-likeness (QED) is 0.756. The van der Waals surface area contributed by atoms with Gasteiger partial charge in [-0.05, 0) is 25.2 Å². The molecule has 16 heavy (non-hydrogen) atoms. The van der Waals surface area contributed by atoms with Crippen molar-refractivity contribution in [2.24, 2.45) is 0 Å². The van der Waals surface area contributed by atoms with Gasteiger partial charge >= 0.3 is 0 Å². The largest absolute Gasteiger partial charge is 0.380 e. The van der Waals surface area contributed by atoms with Crippen molar-refractivity contribution < 1.29 is 4.74 Å². The summed E-state index contributed by atoms with van der Waals surface area (Å²) < 4.78 is 5.13. The van der Waals surface area contributed by atoms with E-state index < -0.39 is 0 Å². The van der Waals surface area contributed by atoms with Crippen LogP contribution < -0.4 is 5.32 Å². The third-order valence-electron chi connectivity index (χ3n) is 2.50. The van der Waals surface area contributed by atoms with Crippen LogP contribution in [0.3, 0.4) is 0 Å². The zero-order valence-corrected chi connectivity index (χ0v) is 10.5. The average Bonchev–Trinajstić information content (AvgIpc) is 2.27. The molecule has 1 rings (SSSR count). The van der Waals surface area contributed by atoms with Crippen LogP contribution in [0.4, 0.5) is 0 Å². The SMILES string of the molecule is CNCCN(C)Cc1cccc(COC)c1. The minimum atomic E-state index is 0.689. The van der Waals surface area contributed by atoms with Gasteiger partial charge in [-0.1, -0.05) is 24.3 Å². The van der Waals surface area contributed by atoms with E-state index in [-0.39, 0.29) is 0 Å². The van der Waals surface area contributed by atoms with E-state index in [2.05, 4.69) is 41.5 Å². The van der Waals surface area contributed by atoms with Crippen molar-refractivity contribution in [2.75, 3.05) is 34.3 Å². The number of rotatable bonds is 7. The standard InChI is InChI=1S/C13H22N2O/c1-14-7-8-15(2)10-12-5-4-6-13(9-12)11-16-3/h4-6,9,14H,7-8,10-11H2,1-3H3. The Hall–Kier alpha value is -0.900. The Kier molecular flexibility index (Phi) is 6.08. The lowest BCUT2D eigenvalue weighted by Crippen LogP contribution is -2.26. The molecular weight excluding hydrogens is 200 g/mol. The molecule has 1 N–H and O–H groups in total. The maximum absolute atomic E-state index is 5.13. The van der Waals surface area contributed by atoms with Crippen LogP contribution in [0.2, 0.25) is 0 Å². The summed E-state index contributed by atoms with van der Waals surface area (Å²) in [5, 5.41) is 3.15. The van der Waals surface area contributed by atoms with Crippen LogP contribution in [0.5, 0.6) is 0 Å². The maximum atomic E-state index is 5.13. The average molecular weight is 222 g/mol. The van der Waals surface area contributed by atoms with Crippen LogP contribution in [0.25, 0.3) is 0 Å². The number of methoxy groups -OCH3 is 1. The van der Waals surface area contributed by atoms with Gasteiger partial charge in [-0.25, -0.2) is 0 Å². The summed E-state index contributed by atoms with van der Waals surface area (Å²) in [6, 6.07) is 8.56. The summed E-state index contributed by atoms with van der Waals surface area (Å²) in [4.78, 5) is 2.31. The molecule has 1 aromatic carbocycles. The number of benzene rings is 1. The van der Waals surface area contributed by atoms with Crippen molar-refractivity contribution in [1.29, 1.82) is 0 Å². The van der Waals surface area contributed by atoms with Crippen LogP contribution in [0.15, 0.2) is 24.3 Å². The number of hydrogen-bond donors (Lipinski definition) is 1. The lowest BCUT2D eigenvalue weighted by molar-refractivity contribution is 0.184. The third-order valence-corrected chi connectivity index (χ3v) is 2.50. The molecule has 0 unspecified atom stereocenters. The van der Waals surface area contributed by atoms with Gasteiger partial charge in [0.05, 0.1) is 6.61 Å².